The van der Waals surface area contributed by atoms with Gasteiger partial charge in [-0.2, -0.15) is 0 Å². The molecular weight excluding hydrogens is 472 g/mol. The van der Waals surface area contributed by atoms with Crippen molar-refractivity contribution in [1.82, 2.24) is 9.80 Å². The van der Waals surface area contributed by atoms with Crippen LogP contribution >= 0.6 is 11.3 Å². The maximum absolute atomic E-state index is 14.1. The molecule has 2 aromatic carbocycles. The first-order valence-electron chi connectivity index (χ1n) is 11.2. The van der Waals surface area contributed by atoms with Gasteiger partial charge in [-0.05, 0) is 60.2 Å². The van der Waals surface area contributed by atoms with Gasteiger partial charge in [-0.25, -0.2) is 13.6 Å². The summed E-state index contributed by atoms with van der Waals surface area (Å²) < 4.78 is 32.6. The quantitative estimate of drug-likeness (QED) is 0.356. The molecule has 0 fully saturated rings. The minimum Gasteiger partial charge on any atom is -0.385 e. The Morgan fingerprint density at radius 1 is 1.00 bits per heavy atom. The maximum Gasteiger partial charge on any atom is 0.322 e. The molecule has 3 aromatic rings. The van der Waals surface area contributed by atoms with E-state index in [1.54, 1.807) is 41.5 Å². The molecule has 3 amide bonds. The second-order valence-corrected chi connectivity index (χ2v) is 9.08. The fraction of sp³-hybridized carbons (Fsp3) is 0.308. The van der Waals surface area contributed by atoms with Crippen LogP contribution in [0.4, 0.5) is 19.3 Å². The minimum absolute atomic E-state index is 0.0408. The molecule has 0 spiro atoms. The molecule has 3 rings (SSSR count). The molecule has 186 valence electrons. The number of halogens is 2. The first-order chi connectivity index (χ1) is 16.9. The van der Waals surface area contributed by atoms with E-state index in [0.717, 1.165) is 16.0 Å². The van der Waals surface area contributed by atoms with Crippen molar-refractivity contribution in [2.24, 2.45) is 0 Å². The van der Waals surface area contributed by atoms with Gasteiger partial charge in [0.25, 0.3) is 0 Å². The van der Waals surface area contributed by atoms with Crippen LogP contribution in [0.25, 0.3) is 0 Å². The van der Waals surface area contributed by atoms with E-state index in [4.69, 9.17) is 4.74 Å². The monoisotopic (exact) mass is 501 g/mol. The number of para-hydroxylation sites is 1. The Morgan fingerprint density at radius 2 is 1.74 bits per heavy atom. The number of carbonyl (C=O) groups excluding carboxylic acids is 2. The van der Waals surface area contributed by atoms with Crippen LogP contribution in [0.2, 0.25) is 0 Å². The summed E-state index contributed by atoms with van der Waals surface area (Å²) in [6.45, 7) is 3.06. The van der Waals surface area contributed by atoms with Gasteiger partial charge in [-0.1, -0.05) is 24.3 Å². The van der Waals surface area contributed by atoms with Crippen LogP contribution in [0.5, 0.6) is 0 Å². The normalized spacial score (nSPS) is 10.7. The van der Waals surface area contributed by atoms with E-state index in [0.29, 0.717) is 19.6 Å². The number of nitrogens with one attached hydrogen (secondary N) is 1. The van der Waals surface area contributed by atoms with E-state index in [9.17, 15) is 18.4 Å². The summed E-state index contributed by atoms with van der Waals surface area (Å²) in [4.78, 5) is 30.5. The lowest BCUT2D eigenvalue weighted by atomic mass is 10.2. The highest BCUT2D eigenvalue weighted by Gasteiger charge is 2.23. The Balaban J connectivity index is 1.78. The number of thiophene rings is 1. The van der Waals surface area contributed by atoms with Crippen LogP contribution in [0, 0.1) is 18.6 Å². The Hall–Kier alpha value is -3.30. The van der Waals surface area contributed by atoms with Gasteiger partial charge < -0.3 is 19.9 Å². The topological polar surface area (TPSA) is 61.9 Å². The number of nitrogens with zero attached hydrogens (tertiary/aromatic N) is 2. The summed E-state index contributed by atoms with van der Waals surface area (Å²) in [6, 6.07) is 13.3. The zero-order valence-corrected chi connectivity index (χ0v) is 20.6. The molecule has 1 heterocycles. The number of amides is 3. The number of anilines is 1. The lowest BCUT2D eigenvalue weighted by Gasteiger charge is -2.28. The third kappa shape index (κ3) is 7.87. The van der Waals surface area contributed by atoms with E-state index in [1.807, 2.05) is 18.4 Å². The molecule has 9 heteroatoms. The van der Waals surface area contributed by atoms with E-state index >= 15 is 0 Å². The molecule has 0 aliphatic carbocycles. The summed E-state index contributed by atoms with van der Waals surface area (Å²) in [7, 11) is 1.56. The molecule has 0 saturated heterocycles. The molecule has 6 nitrogen and oxygen atoms in total. The van der Waals surface area contributed by atoms with Gasteiger partial charge in [0.05, 0.1) is 12.2 Å². The smallest absolute Gasteiger partial charge is 0.322 e. The minimum atomic E-state index is -0.575. The fourth-order valence-electron chi connectivity index (χ4n) is 3.45. The van der Waals surface area contributed by atoms with Gasteiger partial charge >= 0.3 is 6.03 Å². The third-order valence-electron chi connectivity index (χ3n) is 5.45. The molecule has 0 bridgehead atoms. The molecule has 1 aromatic heterocycles. The number of hydrogen-bond acceptors (Lipinski definition) is 4. The van der Waals surface area contributed by atoms with E-state index in [1.165, 1.54) is 35.2 Å². The van der Waals surface area contributed by atoms with Gasteiger partial charge in [-0.3, -0.25) is 4.79 Å². The van der Waals surface area contributed by atoms with Gasteiger partial charge in [0.15, 0.2) is 0 Å². The molecule has 0 unspecified atom stereocenters. The zero-order chi connectivity index (χ0) is 25.2. The highest BCUT2D eigenvalue weighted by atomic mass is 32.1. The molecule has 0 saturated carbocycles. The predicted octanol–water partition coefficient (Wildman–Crippen LogP) is 5.43. The van der Waals surface area contributed by atoms with Crippen LogP contribution in [-0.2, 0) is 22.6 Å². The molecule has 0 aliphatic rings. The van der Waals surface area contributed by atoms with E-state index in [-0.39, 0.29) is 37.0 Å². The standard InChI is InChI=1S/C26H29F2N3O3S/c1-19-12-15-35-24(19)17-31(16-20-8-10-21(27)11-9-20)25(32)18-30(13-5-14-34-2)26(33)29-23-7-4-3-6-22(23)28/h3-4,6-12,15H,5,13-14,16-18H2,1-2H3,(H,29,33). The number of carbonyl (C=O) groups is 2. The lowest BCUT2D eigenvalue weighted by molar-refractivity contribution is -0.133. The number of aryl methyl sites for hydroxylation is 1. The number of methoxy groups -OCH3 is 1. The Bertz CT molecular complexity index is 1120. The summed E-state index contributed by atoms with van der Waals surface area (Å²) in [6.07, 6.45) is 0.510. The number of ether oxygens (including phenoxy) is 1. The lowest BCUT2D eigenvalue weighted by Crippen LogP contribution is -2.44. The van der Waals surface area contributed by atoms with Gasteiger partial charge in [0, 0.05) is 31.7 Å². The molecular formula is C26H29F2N3O3S. The van der Waals surface area contributed by atoms with E-state index < -0.39 is 11.8 Å². The number of rotatable bonds is 11. The maximum atomic E-state index is 14.1. The highest BCUT2D eigenvalue weighted by Crippen LogP contribution is 2.20. The fourth-order valence-corrected chi connectivity index (χ4v) is 4.37. The van der Waals surface area contributed by atoms with Crippen molar-refractivity contribution in [3.63, 3.8) is 0 Å². The van der Waals surface area contributed by atoms with Crippen molar-refractivity contribution in [3.8, 4) is 0 Å². The van der Waals surface area contributed by atoms with Gasteiger partial charge in [0.2, 0.25) is 5.91 Å². The average molecular weight is 502 g/mol. The van der Waals surface area contributed by atoms with Crippen LogP contribution < -0.4 is 5.32 Å². The SMILES string of the molecule is COCCCN(CC(=O)N(Cc1ccc(F)cc1)Cc1sccc1C)C(=O)Nc1ccccc1F. The first kappa shape index (κ1) is 26.3. The van der Waals surface area contributed by atoms with Crippen molar-refractivity contribution in [3.05, 3.63) is 87.6 Å². The zero-order valence-electron chi connectivity index (χ0n) is 19.8. The van der Waals surface area contributed by atoms with Crippen molar-refractivity contribution in [2.75, 3.05) is 32.1 Å². The van der Waals surface area contributed by atoms with Crippen LogP contribution in [0.15, 0.2) is 60.0 Å². The number of benzene rings is 2. The van der Waals surface area contributed by atoms with E-state index in [2.05, 4.69) is 5.32 Å². The summed E-state index contributed by atoms with van der Waals surface area (Å²) >= 11 is 1.55. The summed E-state index contributed by atoms with van der Waals surface area (Å²) in [5.41, 5.74) is 1.89. The van der Waals surface area contributed by atoms with Crippen LogP contribution in [0.1, 0.15) is 22.4 Å². The molecule has 0 radical (unpaired) electrons. The molecule has 0 atom stereocenters. The third-order valence-corrected chi connectivity index (χ3v) is 6.46. The number of hydrogen-bond donors (Lipinski definition) is 1. The second kappa shape index (κ2) is 13.0. The second-order valence-electron chi connectivity index (χ2n) is 8.08. The summed E-state index contributed by atoms with van der Waals surface area (Å²) in [5, 5.41) is 4.52. The molecule has 1 N–H and O–H groups in total. The van der Waals surface area contributed by atoms with Gasteiger partial charge in [0.1, 0.15) is 18.2 Å². The average Bonchev–Trinajstić information content (AvgIpc) is 3.25. The van der Waals surface area contributed by atoms with Crippen LogP contribution in [-0.4, -0.2) is 48.5 Å². The first-order valence-corrected chi connectivity index (χ1v) is 12.1. The van der Waals surface area contributed by atoms with Crippen LogP contribution in [0.3, 0.4) is 0 Å². The van der Waals surface area contributed by atoms with Crippen molar-refractivity contribution in [2.45, 2.75) is 26.4 Å². The molecule has 35 heavy (non-hydrogen) atoms. The summed E-state index contributed by atoms with van der Waals surface area (Å²) in [5.74, 6) is -1.19. The van der Waals surface area contributed by atoms with Crippen molar-refractivity contribution < 1.29 is 23.1 Å². The number of urea groups is 1. The Morgan fingerprint density at radius 3 is 2.40 bits per heavy atom. The largest absolute Gasteiger partial charge is 0.385 e. The predicted molar refractivity (Wildman–Crippen MR) is 133 cm³/mol. The van der Waals surface area contributed by atoms with Crippen molar-refractivity contribution in [1.29, 1.82) is 0 Å². The molecule has 0 aliphatic heterocycles. The van der Waals surface area contributed by atoms with Gasteiger partial charge in [-0.15, -0.1) is 11.3 Å². The Kier molecular flexibility index (Phi) is 9.75. The Labute approximate surface area is 208 Å². The van der Waals surface area contributed by atoms with Crippen molar-refractivity contribution >= 4 is 29.0 Å². The highest BCUT2D eigenvalue weighted by molar-refractivity contribution is 7.10.